The van der Waals surface area contributed by atoms with Crippen LogP contribution in [0.1, 0.15) is 29.5 Å². The molecule has 0 spiro atoms. The summed E-state index contributed by atoms with van der Waals surface area (Å²) in [4.78, 5) is 4.13. The summed E-state index contributed by atoms with van der Waals surface area (Å²) in [6.07, 6.45) is 3.39. The van der Waals surface area contributed by atoms with E-state index in [9.17, 15) is 13.9 Å². The maximum atomic E-state index is 13.6. The highest BCUT2D eigenvalue weighted by atomic mass is 19.1. The smallest absolute Gasteiger partial charge is 0.131 e. The number of nitrogens with zero attached hydrogens (tertiary/aromatic N) is 2. The molecule has 2 aromatic rings. The van der Waals surface area contributed by atoms with Crippen molar-refractivity contribution < 1.29 is 13.9 Å². The van der Waals surface area contributed by atoms with Crippen molar-refractivity contribution in [2.75, 3.05) is 0 Å². The zero-order valence-corrected chi connectivity index (χ0v) is 10.9. The molecular weight excluding hydrogens is 250 g/mol. The van der Waals surface area contributed by atoms with Gasteiger partial charge >= 0.3 is 0 Å². The molecule has 0 radical (unpaired) electrons. The Labute approximate surface area is 110 Å². The average Bonchev–Trinajstić information content (AvgIpc) is 2.76. The number of imidazole rings is 1. The molecule has 0 bridgehead atoms. The van der Waals surface area contributed by atoms with E-state index in [0.717, 1.165) is 11.9 Å². The molecule has 0 saturated carbocycles. The molecule has 1 aromatic carbocycles. The van der Waals surface area contributed by atoms with Crippen LogP contribution in [0.4, 0.5) is 8.78 Å². The quantitative estimate of drug-likeness (QED) is 0.924. The summed E-state index contributed by atoms with van der Waals surface area (Å²) in [6.45, 7) is 1.55. The second kappa shape index (κ2) is 5.48. The van der Waals surface area contributed by atoms with Crippen molar-refractivity contribution >= 4 is 0 Å². The number of aliphatic hydroxyl groups is 1. The molecule has 3 nitrogen and oxygen atoms in total. The van der Waals surface area contributed by atoms with Gasteiger partial charge in [-0.05, 0) is 25.0 Å². The van der Waals surface area contributed by atoms with Crippen molar-refractivity contribution in [1.29, 1.82) is 0 Å². The molecule has 0 fully saturated rings. The number of benzene rings is 1. The Bertz CT molecular complexity index is 581. The molecule has 2 rings (SSSR count). The van der Waals surface area contributed by atoms with E-state index in [-0.39, 0.29) is 5.56 Å². The zero-order valence-electron chi connectivity index (χ0n) is 10.9. The SMILES string of the molecule is Cc1cc(C(O)CCc2nccn2C)c(F)cc1F. The Hall–Kier alpha value is -1.75. The molecule has 1 aromatic heterocycles. The van der Waals surface area contributed by atoms with Crippen LogP contribution in [0.25, 0.3) is 0 Å². The Morgan fingerprint density at radius 1 is 1.32 bits per heavy atom. The van der Waals surface area contributed by atoms with Gasteiger partial charge in [0, 0.05) is 37.5 Å². The predicted molar refractivity (Wildman–Crippen MR) is 67.6 cm³/mol. The third kappa shape index (κ3) is 2.98. The number of halogens is 2. The maximum Gasteiger partial charge on any atom is 0.131 e. The van der Waals surface area contributed by atoms with Gasteiger partial charge in [0.1, 0.15) is 17.5 Å². The minimum atomic E-state index is -0.962. The monoisotopic (exact) mass is 266 g/mol. The van der Waals surface area contributed by atoms with E-state index in [1.807, 2.05) is 17.8 Å². The summed E-state index contributed by atoms with van der Waals surface area (Å²) in [5.41, 5.74) is 0.459. The maximum absolute atomic E-state index is 13.6. The first-order valence-electron chi connectivity index (χ1n) is 6.09. The van der Waals surface area contributed by atoms with Crippen LogP contribution >= 0.6 is 0 Å². The summed E-state index contributed by atoms with van der Waals surface area (Å²) in [7, 11) is 1.86. The molecule has 0 saturated heterocycles. The highest BCUT2D eigenvalue weighted by Gasteiger charge is 2.16. The predicted octanol–water partition coefficient (Wildman–Crippen LogP) is 2.67. The second-order valence-electron chi connectivity index (χ2n) is 4.63. The first kappa shape index (κ1) is 13.7. The topological polar surface area (TPSA) is 38.1 Å². The van der Waals surface area contributed by atoms with Gasteiger partial charge in [-0.15, -0.1) is 0 Å². The third-order valence-electron chi connectivity index (χ3n) is 3.20. The fraction of sp³-hybridized carbons (Fsp3) is 0.357. The van der Waals surface area contributed by atoms with Gasteiger partial charge in [0.05, 0.1) is 6.10 Å². The van der Waals surface area contributed by atoms with Crippen LogP contribution in [0.15, 0.2) is 24.5 Å². The van der Waals surface area contributed by atoms with E-state index in [1.165, 1.54) is 6.07 Å². The number of hydrogen-bond donors (Lipinski definition) is 1. The van der Waals surface area contributed by atoms with Gasteiger partial charge in [0.2, 0.25) is 0 Å². The third-order valence-corrected chi connectivity index (χ3v) is 3.20. The second-order valence-corrected chi connectivity index (χ2v) is 4.63. The van der Waals surface area contributed by atoms with Crippen LogP contribution in [0.5, 0.6) is 0 Å². The number of rotatable bonds is 4. The first-order valence-corrected chi connectivity index (χ1v) is 6.09. The van der Waals surface area contributed by atoms with Gasteiger partial charge in [-0.1, -0.05) is 0 Å². The summed E-state index contributed by atoms with van der Waals surface area (Å²) in [5, 5.41) is 10.0. The van der Waals surface area contributed by atoms with Crippen molar-refractivity contribution in [3.05, 3.63) is 53.1 Å². The Morgan fingerprint density at radius 3 is 2.68 bits per heavy atom. The van der Waals surface area contributed by atoms with E-state index >= 15 is 0 Å². The zero-order chi connectivity index (χ0) is 14.0. The van der Waals surface area contributed by atoms with Crippen molar-refractivity contribution in [2.24, 2.45) is 7.05 Å². The lowest BCUT2D eigenvalue weighted by molar-refractivity contribution is 0.162. The lowest BCUT2D eigenvalue weighted by atomic mass is 10.0. The van der Waals surface area contributed by atoms with Crippen LogP contribution in [0, 0.1) is 18.6 Å². The lowest BCUT2D eigenvalue weighted by Gasteiger charge is -2.13. The minimum absolute atomic E-state index is 0.133. The van der Waals surface area contributed by atoms with Gasteiger partial charge in [0.25, 0.3) is 0 Å². The van der Waals surface area contributed by atoms with E-state index in [2.05, 4.69) is 4.98 Å². The Morgan fingerprint density at radius 2 is 2.05 bits per heavy atom. The van der Waals surface area contributed by atoms with Crippen molar-refractivity contribution in [3.63, 3.8) is 0 Å². The Kier molecular flexibility index (Phi) is 3.95. The Balaban J connectivity index is 2.10. The molecule has 1 atom stereocenters. The molecule has 1 unspecified atom stereocenters. The number of aromatic nitrogens is 2. The van der Waals surface area contributed by atoms with Gasteiger partial charge in [-0.2, -0.15) is 0 Å². The fourth-order valence-corrected chi connectivity index (χ4v) is 1.99. The van der Waals surface area contributed by atoms with Gasteiger partial charge < -0.3 is 9.67 Å². The normalized spacial score (nSPS) is 12.7. The molecule has 0 aliphatic rings. The van der Waals surface area contributed by atoms with Crippen molar-refractivity contribution in [3.8, 4) is 0 Å². The molecule has 5 heteroatoms. The number of aliphatic hydroxyl groups excluding tert-OH is 1. The van der Waals surface area contributed by atoms with E-state index < -0.39 is 17.7 Å². The van der Waals surface area contributed by atoms with Crippen LogP contribution in [-0.2, 0) is 13.5 Å². The first-order chi connectivity index (χ1) is 8.99. The molecular formula is C14H16F2N2O. The van der Waals surface area contributed by atoms with Crippen LogP contribution in [0.2, 0.25) is 0 Å². The van der Waals surface area contributed by atoms with Crippen LogP contribution < -0.4 is 0 Å². The number of aryl methyl sites for hydroxylation is 3. The van der Waals surface area contributed by atoms with Gasteiger partial charge in [0.15, 0.2) is 0 Å². The lowest BCUT2D eigenvalue weighted by Crippen LogP contribution is -2.06. The van der Waals surface area contributed by atoms with Crippen LogP contribution in [-0.4, -0.2) is 14.7 Å². The van der Waals surface area contributed by atoms with Gasteiger partial charge in [-0.25, -0.2) is 13.8 Å². The van der Waals surface area contributed by atoms with Crippen molar-refractivity contribution in [2.45, 2.75) is 25.9 Å². The molecule has 1 heterocycles. The van der Waals surface area contributed by atoms with Crippen molar-refractivity contribution in [1.82, 2.24) is 9.55 Å². The average molecular weight is 266 g/mol. The fourth-order valence-electron chi connectivity index (χ4n) is 1.99. The molecule has 0 aliphatic carbocycles. The summed E-state index contributed by atoms with van der Waals surface area (Å²) < 4.78 is 28.6. The summed E-state index contributed by atoms with van der Waals surface area (Å²) in [5.74, 6) is -0.494. The van der Waals surface area contributed by atoms with Crippen LogP contribution in [0.3, 0.4) is 0 Å². The molecule has 0 amide bonds. The van der Waals surface area contributed by atoms with Gasteiger partial charge in [-0.3, -0.25) is 0 Å². The van der Waals surface area contributed by atoms with E-state index in [1.54, 1.807) is 13.1 Å². The molecule has 19 heavy (non-hydrogen) atoms. The highest BCUT2D eigenvalue weighted by Crippen LogP contribution is 2.24. The van der Waals surface area contributed by atoms with E-state index in [4.69, 9.17) is 0 Å². The minimum Gasteiger partial charge on any atom is -0.388 e. The standard InChI is InChI=1S/C14H16F2N2O/c1-9-7-10(12(16)8-11(9)15)13(19)3-4-14-17-5-6-18(14)2/h5-8,13,19H,3-4H2,1-2H3. The van der Waals surface area contributed by atoms with E-state index in [0.29, 0.717) is 18.4 Å². The highest BCUT2D eigenvalue weighted by molar-refractivity contribution is 5.27. The summed E-state index contributed by atoms with van der Waals surface area (Å²) >= 11 is 0. The largest absolute Gasteiger partial charge is 0.388 e. The molecule has 0 aliphatic heterocycles. The molecule has 1 N–H and O–H groups in total. The molecule has 102 valence electrons. The number of hydrogen-bond acceptors (Lipinski definition) is 2. The summed E-state index contributed by atoms with van der Waals surface area (Å²) in [6, 6.07) is 2.17.